The number of aromatic hydroxyl groups is 1. The second kappa shape index (κ2) is 17.8. The predicted molar refractivity (Wildman–Crippen MR) is 220 cm³/mol. The van der Waals surface area contributed by atoms with Crippen LogP contribution in [0.25, 0.3) is 10.8 Å². The van der Waals surface area contributed by atoms with Gasteiger partial charge in [-0.25, -0.2) is 8.42 Å². The first kappa shape index (κ1) is 45.3. The summed E-state index contributed by atoms with van der Waals surface area (Å²) in [7, 11) is -14.5. The molecule has 6 aromatic carbocycles. The fraction of sp³-hybridized carbons (Fsp3) is 0. The van der Waals surface area contributed by atoms with Gasteiger partial charge >= 0.3 is 0 Å². The van der Waals surface area contributed by atoms with Crippen molar-refractivity contribution in [1.82, 2.24) is 0 Å². The van der Waals surface area contributed by atoms with Crippen LogP contribution >= 0.6 is 0 Å². The van der Waals surface area contributed by atoms with Crippen molar-refractivity contribution in [1.29, 1.82) is 0 Å². The van der Waals surface area contributed by atoms with Gasteiger partial charge in [-0.1, -0.05) is 0 Å². The number of nitrogens with one attached hydrogen (secondary N) is 1. The Morgan fingerprint density at radius 1 is 0.617 bits per heavy atom. The number of non-ortho nitro benzene ring substituents is 1. The van der Waals surface area contributed by atoms with Crippen LogP contribution in [0.4, 0.5) is 62.6 Å². The van der Waals surface area contributed by atoms with E-state index in [1.54, 1.807) is 12.1 Å². The van der Waals surface area contributed by atoms with Crippen molar-refractivity contribution in [3.05, 3.63) is 113 Å². The van der Waals surface area contributed by atoms with Gasteiger partial charge in [-0.15, -0.1) is 15.3 Å². The first-order valence-electron chi connectivity index (χ1n) is 16.2. The number of azo groups is 3. The molecule has 0 aromatic heterocycles. The van der Waals surface area contributed by atoms with Gasteiger partial charge in [0, 0.05) is 74.9 Å². The minimum Gasteiger partial charge on any atom is -0.505 e. The molecule has 26 heteroatoms. The number of sulfonamides is 1. The van der Waals surface area contributed by atoms with E-state index >= 15 is 0 Å². The molecule has 1 radical (unpaired) electrons. The van der Waals surface area contributed by atoms with Crippen molar-refractivity contribution in [3.63, 3.8) is 0 Å². The number of nitro groups is 1. The van der Waals surface area contributed by atoms with Crippen LogP contribution in [-0.2, 0) is 30.3 Å². The molecule has 0 bridgehead atoms. The molecule has 0 atom stereocenters. The van der Waals surface area contributed by atoms with E-state index in [0.717, 1.165) is 24.3 Å². The van der Waals surface area contributed by atoms with Crippen LogP contribution in [-0.4, -0.2) is 95.8 Å². The Bertz CT molecular complexity index is 3100. The van der Waals surface area contributed by atoms with E-state index in [2.05, 4.69) is 35.4 Å². The van der Waals surface area contributed by atoms with Gasteiger partial charge in [0.25, 0.3) is 35.9 Å². The van der Waals surface area contributed by atoms with Crippen molar-refractivity contribution in [2.75, 3.05) is 21.9 Å². The Kier molecular flexibility index (Phi) is 13.4. The van der Waals surface area contributed by atoms with Crippen molar-refractivity contribution >= 4 is 155 Å². The number of hydrogen-bond acceptors (Lipinski definition) is 18. The van der Waals surface area contributed by atoms with Crippen LogP contribution in [0.3, 0.4) is 0 Å². The first-order valence-corrected chi connectivity index (χ1v) is 20.5. The number of nitrogens with zero attached hydrogens (tertiary/aromatic N) is 7. The summed E-state index contributed by atoms with van der Waals surface area (Å²) in [5.41, 5.74) is 16.9. The number of nitro benzene ring substituents is 1. The number of fused-ring (bicyclic) bond motifs is 1. The predicted octanol–water partition coefficient (Wildman–Crippen LogP) is 7.36. The average Bonchev–Trinajstić information content (AvgIpc) is 3.16. The fourth-order valence-corrected chi connectivity index (χ4v) is 7.63. The van der Waals surface area contributed by atoms with Gasteiger partial charge in [0.15, 0.2) is 5.75 Å². The maximum Gasteiger partial charge on any atom is 0.296 e. The number of anilines is 4. The van der Waals surface area contributed by atoms with Crippen LogP contribution in [0.5, 0.6) is 5.75 Å². The monoisotopic (exact) mass is 900 g/mol. The van der Waals surface area contributed by atoms with Crippen molar-refractivity contribution < 1.29 is 44.4 Å². The molecule has 6 rings (SSSR count). The molecule has 0 saturated heterocycles. The molecule has 0 aliphatic rings. The van der Waals surface area contributed by atoms with Gasteiger partial charge in [-0.2, -0.15) is 32.2 Å². The molecule has 0 spiro atoms. The van der Waals surface area contributed by atoms with Crippen LogP contribution in [0, 0.1) is 10.1 Å². The summed E-state index contributed by atoms with van der Waals surface area (Å²) >= 11 is 0. The zero-order valence-electron chi connectivity index (χ0n) is 30.5. The summed E-state index contributed by atoms with van der Waals surface area (Å²) in [5.74, 6) is -1.03. The van der Waals surface area contributed by atoms with E-state index in [1.165, 1.54) is 54.6 Å². The standard InChI is InChI=1S/C34H27N11O11S3.K/c35-19-1-14-27(26(36)17-19)41-38-20-2-4-23(5-3-20)44-57(49,50)25-12-8-22(9-13-25)40-43-33-29(59(54,55)56)16-18-15-28(58(51,52)53)32(31(37)30(18)34(33)46)42-39-21-6-10-24(11-7-21)45(47)48;/h1-17,44,46H,35-37H2,(H,51,52,53)(H,54,55,56);. The van der Waals surface area contributed by atoms with Crippen molar-refractivity contribution in [3.8, 4) is 5.75 Å². The Morgan fingerprint density at radius 3 is 1.62 bits per heavy atom. The number of rotatable bonds is 12. The zero-order valence-corrected chi connectivity index (χ0v) is 36.1. The van der Waals surface area contributed by atoms with Gasteiger partial charge in [-0.05, 0) is 96.4 Å². The Morgan fingerprint density at radius 2 is 1.10 bits per heavy atom. The fourth-order valence-electron chi connectivity index (χ4n) is 5.24. The summed E-state index contributed by atoms with van der Waals surface area (Å²) in [6.07, 6.45) is 0. The molecule has 22 nitrogen and oxygen atoms in total. The molecule has 0 aliphatic carbocycles. The molecule has 0 unspecified atom stereocenters. The van der Waals surface area contributed by atoms with Gasteiger partial charge < -0.3 is 22.3 Å². The first-order chi connectivity index (χ1) is 27.7. The van der Waals surface area contributed by atoms with Crippen LogP contribution in [0.2, 0.25) is 0 Å². The SMILES string of the molecule is Nc1ccc(N=Nc2ccc(NS(=O)(=O)c3ccc(N=Nc4c(S(=O)(=O)O)cc5cc(S(=O)(=O)O)c(N=Nc6ccc([N+](=O)[O-])cc6)c(N)c5c4O)cc3)cc2)c(N)c1.[K]. The molecule has 0 fully saturated rings. The second-order valence-electron chi connectivity index (χ2n) is 12.1. The zero-order chi connectivity index (χ0) is 42.9. The van der Waals surface area contributed by atoms with Gasteiger partial charge in [0.2, 0.25) is 0 Å². The Hall–Kier alpha value is -5.81. The van der Waals surface area contributed by atoms with Crippen LogP contribution < -0.4 is 21.9 Å². The summed E-state index contributed by atoms with van der Waals surface area (Å²) in [6.45, 7) is 0. The molecule has 303 valence electrons. The quantitative estimate of drug-likeness (QED) is 0.0158. The third kappa shape index (κ3) is 10.3. The maximum atomic E-state index is 13.1. The third-order valence-corrected chi connectivity index (χ3v) is 11.2. The largest absolute Gasteiger partial charge is 0.505 e. The summed E-state index contributed by atoms with van der Waals surface area (Å²) in [5, 5.41) is 44.7. The van der Waals surface area contributed by atoms with E-state index in [1.807, 2.05) is 0 Å². The van der Waals surface area contributed by atoms with E-state index in [-0.39, 0.29) is 79.0 Å². The Balaban J connectivity index is 0.00000683. The second-order valence-corrected chi connectivity index (χ2v) is 16.6. The molecule has 60 heavy (non-hydrogen) atoms. The molecule has 6 aromatic rings. The molecule has 0 amide bonds. The van der Waals surface area contributed by atoms with Gasteiger partial charge in [0.05, 0.1) is 43.6 Å². The Labute approximate surface area is 382 Å². The minimum atomic E-state index is -5.22. The molecule has 0 aliphatic heterocycles. The minimum absolute atomic E-state index is 0. The molecular weight excluding hydrogens is 874 g/mol. The van der Waals surface area contributed by atoms with Gasteiger partial charge in [-0.3, -0.25) is 23.9 Å². The average molecular weight is 901 g/mol. The number of benzene rings is 6. The molecule has 10 N–H and O–H groups in total. The van der Waals surface area contributed by atoms with Gasteiger partial charge in [0.1, 0.15) is 26.9 Å². The smallest absolute Gasteiger partial charge is 0.296 e. The number of nitrogens with two attached hydrogens (primary N) is 3. The number of hydrogen-bond donors (Lipinski definition) is 7. The number of phenolic OH excluding ortho intramolecular Hbond substituents is 1. The van der Waals surface area contributed by atoms with E-state index < -0.39 is 78.6 Å². The van der Waals surface area contributed by atoms with Crippen molar-refractivity contribution in [2.45, 2.75) is 14.7 Å². The maximum absolute atomic E-state index is 13.1. The topological polar surface area (TPSA) is 370 Å². The third-order valence-electron chi connectivity index (χ3n) is 8.05. The summed E-state index contributed by atoms with van der Waals surface area (Å²) < 4.78 is 98.2. The number of phenols is 1. The number of nitrogen functional groups attached to an aromatic ring is 3. The van der Waals surface area contributed by atoms with Crippen LogP contribution in [0.15, 0.2) is 149 Å². The summed E-state index contributed by atoms with van der Waals surface area (Å²) in [6, 6.07) is 21.3. The van der Waals surface area contributed by atoms with Crippen LogP contribution in [0.1, 0.15) is 0 Å². The molecule has 0 heterocycles. The van der Waals surface area contributed by atoms with E-state index in [9.17, 15) is 49.6 Å². The van der Waals surface area contributed by atoms with E-state index in [0.29, 0.717) is 34.9 Å². The van der Waals surface area contributed by atoms with E-state index in [4.69, 9.17) is 17.2 Å². The van der Waals surface area contributed by atoms with Crippen molar-refractivity contribution in [2.24, 2.45) is 30.7 Å². The summed E-state index contributed by atoms with van der Waals surface area (Å²) in [4.78, 5) is 8.05. The normalized spacial score (nSPS) is 12.3. The molecule has 0 saturated carbocycles. The molecular formula is C34H27KN11O11S3.